The summed E-state index contributed by atoms with van der Waals surface area (Å²) in [6.45, 7) is 10.4. The van der Waals surface area contributed by atoms with Gasteiger partial charge in [0.25, 0.3) is 0 Å². The number of hydrogen-bond acceptors (Lipinski definition) is 4. The largest absolute Gasteiger partial charge is 0.354 e. The van der Waals surface area contributed by atoms with Crippen molar-refractivity contribution in [1.29, 1.82) is 0 Å². The van der Waals surface area contributed by atoms with Gasteiger partial charge in [0.15, 0.2) is 5.82 Å². The monoisotopic (exact) mass is 296 g/mol. The summed E-state index contributed by atoms with van der Waals surface area (Å²) < 4.78 is 0. The van der Waals surface area contributed by atoms with Crippen LogP contribution in [0, 0.1) is 13.8 Å². The van der Waals surface area contributed by atoms with Crippen LogP contribution in [0.4, 0.5) is 5.82 Å². The van der Waals surface area contributed by atoms with Gasteiger partial charge in [-0.2, -0.15) is 0 Å². The van der Waals surface area contributed by atoms with Gasteiger partial charge < -0.3 is 10.2 Å². The van der Waals surface area contributed by atoms with E-state index in [1.54, 1.807) is 0 Å². The Kier molecular flexibility index (Phi) is 4.39. The Morgan fingerprint density at radius 3 is 2.36 bits per heavy atom. The first-order valence-electron chi connectivity index (χ1n) is 8.09. The summed E-state index contributed by atoms with van der Waals surface area (Å²) in [5.41, 5.74) is 4.69. The van der Waals surface area contributed by atoms with Crippen molar-refractivity contribution in [2.45, 2.75) is 27.2 Å². The summed E-state index contributed by atoms with van der Waals surface area (Å²) in [7, 11) is 0. The Morgan fingerprint density at radius 2 is 1.73 bits per heavy atom. The van der Waals surface area contributed by atoms with Crippen molar-refractivity contribution in [3.63, 3.8) is 0 Å². The van der Waals surface area contributed by atoms with Crippen LogP contribution in [0.25, 0.3) is 11.4 Å². The third kappa shape index (κ3) is 2.97. The van der Waals surface area contributed by atoms with Crippen LogP contribution in [0.1, 0.15) is 23.7 Å². The van der Waals surface area contributed by atoms with Crippen molar-refractivity contribution in [2.24, 2.45) is 0 Å². The van der Waals surface area contributed by atoms with Crippen LogP contribution in [-0.2, 0) is 6.42 Å². The van der Waals surface area contributed by atoms with E-state index in [0.29, 0.717) is 0 Å². The van der Waals surface area contributed by atoms with Crippen LogP contribution in [-0.4, -0.2) is 36.1 Å². The molecule has 0 bridgehead atoms. The summed E-state index contributed by atoms with van der Waals surface area (Å²) in [5.74, 6) is 1.92. The molecule has 1 aromatic carbocycles. The third-order valence-electron chi connectivity index (χ3n) is 4.40. The van der Waals surface area contributed by atoms with E-state index in [2.05, 4.69) is 55.3 Å². The van der Waals surface area contributed by atoms with Crippen LogP contribution in [0.15, 0.2) is 24.3 Å². The smallest absolute Gasteiger partial charge is 0.161 e. The van der Waals surface area contributed by atoms with Gasteiger partial charge in [0, 0.05) is 43.0 Å². The molecule has 0 amide bonds. The van der Waals surface area contributed by atoms with Crippen molar-refractivity contribution in [3.05, 3.63) is 41.1 Å². The molecule has 2 heterocycles. The topological polar surface area (TPSA) is 41.1 Å². The lowest BCUT2D eigenvalue weighted by Gasteiger charge is -2.30. The van der Waals surface area contributed by atoms with Crippen molar-refractivity contribution >= 4 is 5.82 Å². The van der Waals surface area contributed by atoms with Gasteiger partial charge in [-0.1, -0.05) is 31.2 Å². The Labute approximate surface area is 132 Å². The summed E-state index contributed by atoms with van der Waals surface area (Å²) in [4.78, 5) is 11.9. The highest BCUT2D eigenvalue weighted by Crippen LogP contribution is 2.25. The molecule has 1 aliphatic rings. The molecule has 0 atom stereocenters. The lowest BCUT2D eigenvalue weighted by molar-refractivity contribution is 0.583. The number of hydrogen-bond donors (Lipinski definition) is 1. The Morgan fingerprint density at radius 1 is 1.05 bits per heavy atom. The molecular formula is C18H24N4. The molecule has 116 valence electrons. The number of benzene rings is 1. The zero-order valence-electron chi connectivity index (χ0n) is 13.7. The minimum atomic E-state index is 0.833. The van der Waals surface area contributed by atoms with E-state index >= 15 is 0 Å². The number of nitrogens with zero attached hydrogens (tertiary/aromatic N) is 3. The average molecular weight is 296 g/mol. The van der Waals surface area contributed by atoms with Crippen molar-refractivity contribution in [2.75, 3.05) is 31.1 Å². The molecule has 1 aliphatic heterocycles. The molecule has 1 N–H and O–H groups in total. The molecule has 0 aliphatic carbocycles. The number of nitrogens with one attached hydrogen (secondary N) is 1. The number of aromatic nitrogens is 2. The maximum atomic E-state index is 4.87. The Bertz CT molecular complexity index is 643. The molecule has 0 unspecified atom stereocenters. The van der Waals surface area contributed by atoms with Gasteiger partial charge in [-0.25, -0.2) is 9.97 Å². The van der Waals surface area contributed by atoms with Gasteiger partial charge in [-0.3, -0.25) is 0 Å². The highest BCUT2D eigenvalue weighted by atomic mass is 15.2. The fraction of sp³-hybridized carbons (Fsp3) is 0.444. The maximum Gasteiger partial charge on any atom is 0.161 e. The molecule has 0 saturated carbocycles. The van der Waals surface area contributed by atoms with Crippen LogP contribution < -0.4 is 10.2 Å². The molecule has 3 rings (SSSR count). The molecule has 0 spiro atoms. The highest BCUT2D eigenvalue weighted by Gasteiger charge is 2.17. The fourth-order valence-corrected chi connectivity index (χ4v) is 2.82. The summed E-state index contributed by atoms with van der Waals surface area (Å²) >= 11 is 0. The first kappa shape index (κ1) is 15.0. The molecule has 1 fully saturated rings. The zero-order chi connectivity index (χ0) is 15.5. The van der Waals surface area contributed by atoms with Crippen molar-refractivity contribution in [1.82, 2.24) is 15.3 Å². The first-order valence-corrected chi connectivity index (χ1v) is 8.09. The van der Waals surface area contributed by atoms with E-state index in [-0.39, 0.29) is 0 Å². The van der Waals surface area contributed by atoms with Gasteiger partial charge in [-0.15, -0.1) is 0 Å². The second-order valence-corrected chi connectivity index (χ2v) is 5.87. The van der Waals surface area contributed by atoms with Crippen LogP contribution in [0.3, 0.4) is 0 Å². The van der Waals surface area contributed by atoms with E-state index in [9.17, 15) is 0 Å². The lowest BCUT2D eigenvalue weighted by Crippen LogP contribution is -2.44. The molecular weight excluding hydrogens is 272 g/mol. The molecule has 0 radical (unpaired) electrons. The number of piperazine rings is 1. The molecule has 1 saturated heterocycles. The highest BCUT2D eigenvalue weighted by molar-refractivity contribution is 5.60. The summed E-state index contributed by atoms with van der Waals surface area (Å²) in [5, 5.41) is 3.39. The second-order valence-electron chi connectivity index (χ2n) is 5.87. The summed E-state index contributed by atoms with van der Waals surface area (Å²) in [6, 6.07) is 8.59. The van der Waals surface area contributed by atoms with Crippen LogP contribution >= 0.6 is 0 Å². The Balaban J connectivity index is 1.99. The van der Waals surface area contributed by atoms with E-state index < -0.39 is 0 Å². The van der Waals surface area contributed by atoms with E-state index in [1.807, 2.05) is 0 Å². The minimum Gasteiger partial charge on any atom is -0.354 e. The van der Waals surface area contributed by atoms with E-state index in [0.717, 1.165) is 55.5 Å². The predicted octanol–water partition coefficient (Wildman–Crippen LogP) is 2.73. The normalized spacial score (nSPS) is 15.1. The van der Waals surface area contributed by atoms with Gasteiger partial charge in [-0.05, 0) is 25.8 Å². The standard InChI is InChI=1S/C18H24N4/c1-4-15-5-7-16(8-6-15)17-20-14(3)13(2)18(21-17)22-11-9-19-10-12-22/h5-8,19H,4,9-12H2,1-3H3. The van der Waals surface area contributed by atoms with Gasteiger partial charge in [0.1, 0.15) is 5.82 Å². The van der Waals surface area contributed by atoms with Crippen LogP contribution in [0.2, 0.25) is 0 Å². The lowest BCUT2D eigenvalue weighted by atomic mass is 10.1. The maximum absolute atomic E-state index is 4.87. The molecule has 4 nitrogen and oxygen atoms in total. The average Bonchev–Trinajstić information content (AvgIpc) is 2.58. The van der Waals surface area contributed by atoms with Crippen LogP contribution in [0.5, 0.6) is 0 Å². The van der Waals surface area contributed by atoms with Crippen molar-refractivity contribution < 1.29 is 0 Å². The van der Waals surface area contributed by atoms with Gasteiger partial charge in [0.2, 0.25) is 0 Å². The van der Waals surface area contributed by atoms with E-state index in [1.165, 1.54) is 11.1 Å². The molecule has 4 heteroatoms. The molecule has 1 aromatic heterocycles. The molecule has 2 aromatic rings. The number of rotatable bonds is 3. The SMILES string of the molecule is CCc1ccc(-c2nc(C)c(C)c(N3CCNCC3)n2)cc1. The first-order chi connectivity index (χ1) is 10.7. The van der Waals surface area contributed by atoms with E-state index in [4.69, 9.17) is 9.97 Å². The quantitative estimate of drug-likeness (QED) is 0.945. The van der Waals surface area contributed by atoms with Gasteiger partial charge in [0.05, 0.1) is 0 Å². The van der Waals surface area contributed by atoms with Crippen molar-refractivity contribution in [3.8, 4) is 11.4 Å². The third-order valence-corrected chi connectivity index (χ3v) is 4.40. The van der Waals surface area contributed by atoms with Gasteiger partial charge >= 0.3 is 0 Å². The zero-order valence-corrected chi connectivity index (χ0v) is 13.7. The second kappa shape index (κ2) is 6.44. The number of aryl methyl sites for hydroxylation is 2. The number of anilines is 1. The predicted molar refractivity (Wildman–Crippen MR) is 91.4 cm³/mol. The molecule has 22 heavy (non-hydrogen) atoms. The fourth-order valence-electron chi connectivity index (χ4n) is 2.82. The minimum absolute atomic E-state index is 0.833. The summed E-state index contributed by atoms with van der Waals surface area (Å²) in [6.07, 6.45) is 1.06. The Hall–Kier alpha value is -1.94.